The van der Waals surface area contributed by atoms with Crippen LogP contribution in [0.15, 0.2) is 18.3 Å². The standard InChI is InChI=1S/C15H23N3O2S/c1-11(2)6-7-16-14(19)13-9-21-10-18(13)15(20)12-5-4-8-17(12)3/h4-5,8,11,13H,6-7,9-10H2,1-3H3,(H,16,19)/t13-/m1/s1. The molecule has 1 fully saturated rings. The van der Waals surface area contributed by atoms with Crippen LogP contribution in [0.3, 0.4) is 0 Å². The third-order valence-corrected chi connectivity index (χ3v) is 4.64. The fourth-order valence-electron chi connectivity index (χ4n) is 2.29. The first-order valence-electron chi connectivity index (χ1n) is 7.28. The van der Waals surface area contributed by atoms with Crippen LogP contribution >= 0.6 is 11.8 Å². The molecule has 2 rings (SSSR count). The van der Waals surface area contributed by atoms with Gasteiger partial charge in [0.15, 0.2) is 0 Å². The molecule has 0 bridgehead atoms. The maximum Gasteiger partial charge on any atom is 0.271 e. The number of aromatic nitrogens is 1. The van der Waals surface area contributed by atoms with E-state index < -0.39 is 0 Å². The summed E-state index contributed by atoms with van der Waals surface area (Å²) < 4.78 is 1.79. The minimum atomic E-state index is -0.357. The average molecular weight is 309 g/mol. The minimum Gasteiger partial charge on any atom is -0.354 e. The maximum atomic E-state index is 12.5. The van der Waals surface area contributed by atoms with Gasteiger partial charge in [-0.15, -0.1) is 11.8 Å². The van der Waals surface area contributed by atoms with Gasteiger partial charge in [0.1, 0.15) is 11.7 Å². The number of carbonyl (C=O) groups excluding carboxylic acids is 2. The lowest BCUT2D eigenvalue weighted by Crippen LogP contribution is -2.47. The highest BCUT2D eigenvalue weighted by molar-refractivity contribution is 7.99. The number of carbonyl (C=O) groups is 2. The Kier molecular flexibility index (Phi) is 5.33. The molecular weight excluding hydrogens is 286 g/mol. The summed E-state index contributed by atoms with van der Waals surface area (Å²) in [5.74, 6) is 1.69. The minimum absolute atomic E-state index is 0.0387. The lowest BCUT2D eigenvalue weighted by Gasteiger charge is -2.23. The molecule has 21 heavy (non-hydrogen) atoms. The van der Waals surface area contributed by atoms with Gasteiger partial charge in [0.2, 0.25) is 5.91 Å². The zero-order chi connectivity index (χ0) is 15.4. The molecule has 0 radical (unpaired) electrons. The van der Waals surface area contributed by atoms with Crippen LogP contribution in [-0.4, -0.2) is 45.5 Å². The van der Waals surface area contributed by atoms with Crippen LogP contribution in [0.5, 0.6) is 0 Å². The quantitative estimate of drug-likeness (QED) is 0.901. The largest absolute Gasteiger partial charge is 0.354 e. The lowest BCUT2D eigenvalue weighted by atomic mass is 10.1. The van der Waals surface area contributed by atoms with Crippen LogP contribution in [-0.2, 0) is 11.8 Å². The third kappa shape index (κ3) is 3.81. The summed E-state index contributed by atoms with van der Waals surface area (Å²) in [5, 5.41) is 2.95. The topological polar surface area (TPSA) is 54.3 Å². The number of hydrogen-bond acceptors (Lipinski definition) is 3. The number of nitrogens with one attached hydrogen (secondary N) is 1. The summed E-state index contributed by atoms with van der Waals surface area (Å²) >= 11 is 1.62. The van der Waals surface area contributed by atoms with Crippen LogP contribution in [0.2, 0.25) is 0 Å². The molecule has 116 valence electrons. The SMILES string of the molecule is CC(C)CCNC(=O)[C@H]1CSCN1C(=O)c1cccn1C. The molecule has 1 aliphatic heterocycles. The van der Waals surface area contributed by atoms with Crippen molar-refractivity contribution in [2.75, 3.05) is 18.2 Å². The molecule has 5 nitrogen and oxygen atoms in total. The van der Waals surface area contributed by atoms with E-state index in [0.29, 0.717) is 29.8 Å². The van der Waals surface area contributed by atoms with Gasteiger partial charge in [-0.25, -0.2) is 0 Å². The summed E-state index contributed by atoms with van der Waals surface area (Å²) in [6.07, 6.45) is 2.80. The third-order valence-electron chi connectivity index (χ3n) is 3.63. The molecule has 0 aromatic carbocycles. The van der Waals surface area contributed by atoms with E-state index in [9.17, 15) is 9.59 Å². The molecule has 2 amide bonds. The predicted molar refractivity (Wildman–Crippen MR) is 85.2 cm³/mol. The van der Waals surface area contributed by atoms with Crippen LogP contribution in [0.25, 0.3) is 0 Å². The Bertz CT molecular complexity index is 513. The number of hydrogen-bond donors (Lipinski definition) is 1. The second kappa shape index (κ2) is 7.02. The van der Waals surface area contributed by atoms with Crippen molar-refractivity contribution < 1.29 is 9.59 Å². The van der Waals surface area contributed by atoms with Crippen molar-refractivity contribution in [3.05, 3.63) is 24.0 Å². The summed E-state index contributed by atoms with van der Waals surface area (Å²) in [6, 6.07) is 3.28. The van der Waals surface area contributed by atoms with Crippen molar-refractivity contribution >= 4 is 23.6 Å². The molecule has 1 aromatic rings. The molecule has 0 spiro atoms. The normalized spacial score (nSPS) is 18.3. The van der Waals surface area contributed by atoms with Crippen molar-refractivity contribution in [1.29, 1.82) is 0 Å². The lowest BCUT2D eigenvalue weighted by molar-refractivity contribution is -0.124. The number of rotatable bonds is 5. The van der Waals surface area contributed by atoms with Crippen molar-refractivity contribution in [1.82, 2.24) is 14.8 Å². The van der Waals surface area contributed by atoms with Crippen molar-refractivity contribution in [2.45, 2.75) is 26.3 Å². The fraction of sp³-hybridized carbons (Fsp3) is 0.600. The van der Waals surface area contributed by atoms with E-state index in [1.807, 2.05) is 19.3 Å². The van der Waals surface area contributed by atoms with Gasteiger partial charge in [-0.3, -0.25) is 9.59 Å². The zero-order valence-electron chi connectivity index (χ0n) is 12.8. The van der Waals surface area contributed by atoms with Gasteiger partial charge in [-0.1, -0.05) is 13.8 Å². The number of amides is 2. The first-order chi connectivity index (χ1) is 10.0. The van der Waals surface area contributed by atoms with Gasteiger partial charge >= 0.3 is 0 Å². The molecule has 1 N–H and O–H groups in total. The Morgan fingerprint density at radius 3 is 2.86 bits per heavy atom. The molecule has 0 aliphatic carbocycles. The van der Waals surface area contributed by atoms with E-state index in [0.717, 1.165) is 6.42 Å². The van der Waals surface area contributed by atoms with Gasteiger partial charge in [0, 0.05) is 25.5 Å². The van der Waals surface area contributed by atoms with E-state index in [1.165, 1.54) is 0 Å². The second-order valence-corrected chi connectivity index (χ2v) is 6.77. The smallest absolute Gasteiger partial charge is 0.271 e. The molecule has 6 heteroatoms. The van der Waals surface area contributed by atoms with Crippen LogP contribution in [0.4, 0.5) is 0 Å². The Morgan fingerprint density at radius 1 is 1.48 bits per heavy atom. The monoisotopic (exact) mass is 309 g/mol. The highest BCUT2D eigenvalue weighted by Gasteiger charge is 2.35. The second-order valence-electron chi connectivity index (χ2n) is 5.77. The van der Waals surface area contributed by atoms with Crippen molar-refractivity contribution in [2.24, 2.45) is 13.0 Å². The Morgan fingerprint density at radius 2 is 2.24 bits per heavy atom. The molecule has 1 aliphatic rings. The highest BCUT2D eigenvalue weighted by atomic mass is 32.2. The zero-order valence-corrected chi connectivity index (χ0v) is 13.7. The molecular formula is C15H23N3O2S. The molecule has 1 atom stereocenters. The van der Waals surface area contributed by atoms with Crippen molar-refractivity contribution in [3.63, 3.8) is 0 Å². The fourth-order valence-corrected chi connectivity index (χ4v) is 3.45. The molecule has 0 saturated carbocycles. The Hall–Kier alpha value is -1.43. The highest BCUT2D eigenvalue weighted by Crippen LogP contribution is 2.23. The summed E-state index contributed by atoms with van der Waals surface area (Å²) in [6.45, 7) is 4.93. The number of nitrogens with zero attached hydrogens (tertiary/aromatic N) is 2. The van der Waals surface area contributed by atoms with E-state index in [-0.39, 0.29) is 17.9 Å². The van der Waals surface area contributed by atoms with Gasteiger partial charge in [-0.2, -0.15) is 0 Å². The Balaban J connectivity index is 1.98. The van der Waals surface area contributed by atoms with Crippen LogP contribution < -0.4 is 5.32 Å². The van der Waals surface area contributed by atoms with Gasteiger partial charge in [-0.05, 0) is 24.5 Å². The summed E-state index contributed by atoms with van der Waals surface area (Å²) in [5.41, 5.74) is 0.623. The molecule has 2 heterocycles. The Labute approximate surface area is 130 Å². The van der Waals surface area contributed by atoms with Gasteiger partial charge in [0.25, 0.3) is 5.91 Å². The van der Waals surface area contributed by atoms with E-state index in [2.05, 4.69) is 19.2 Å². The molecule has 1 aromatic heterocycles. The number of thioether (sulfide) groups is 1. The van der Waals surface area contributed by atoms with E-state index in [4.69, 9.17) is 0 Å². The maximum absolute atomic E-state index is 12.5. The van der Waals surface area contributed by atoms with E-state index >= 15 is 0 Å². The van der Waals surface area contributed by atoms with Crippen LogP contribution in [0.1, 0.15) is 30.8 Å². The first-order valence-corrected chi connectivity index (χ1v) is 8.44. The molecule has 0 unspecified atom stereocenters. The molecule has 1 saturated heterocycles. The van der Waals surface area contributed by atoms with Crippen molar-refractivity contribution in [3.8, 4) is 0 Å². The summed E-state index contributed by atoms with van der Waals surface area (Å²) in [7, 11) is 1.84. The predicted octanol–water partition coefficient (Wildman–Crippen LogP) is 1.70. The van der Waals surface area contributed by atoms with Gasteiger partial charge in [0.05, 0.1) is 5.88 Å². The first kappa shape index (κ1) is 15.9. The summed E-state index contributed by atoms with van der Waals surface area (Å²) in [4.78, 5) is 26.5. The average Bonchev–Trinajstić information content (AvgIpc) is 3.05. The van der Waals surface area contributed by atoms with Crippen LogP contribution in [0, 0.1) is 5.92 Å². The van der Waals surface area contributed by atoms with Gasteiger partial charge < -0.3 is 14.8 Å². The van der Waals surface area contributed by atoms with E-state index in [1.54, 1.807) is 27.3 Å². The number of aryl methyl sites for hydroxylation is 1.